The molecule has 1 N–H and O–H groups in total. The Balaban J connectivity index is 1.60. The number of hydrogen-bond acceptors (Lipinski definition) is 8. The van der Waals surface area contributed by atoms with Crippen molar-refractivity contribution in [2.75, 3.05) is 11.9 Å². The number of nitrogens with one attached hydrogen (secondary N) is 1. The third-order valence-corrected chi connectivity index (χ3v) is 7.07. The molecule has 0 atom stereocenters. The van der Waals surface area contributed by atoms with Crippen LogP contribution in [-0.2, 0) is 10.5 Å². The molecule has 1 aliphatic rings. The number of thioether (sulfide) groups is 1. The maximum Gasteiger partial charge on any atom is 0.348 e. The molecule has 5 nitrogen and oxygen atoms in total. The maximum atomic E-state index is 14.4. The molecular formula is C17H16FN3O2S3. The number of esters is 1. The molecule has 0 unspecified atom stereocenters. The average Bonchev–Trinajstić information content (AvgIpc) is 3.17. The Morgan fingerprint density at radius 1 is 1.38 bits per heavy atom. The van der Waals surface area contributed by atoms with Gasteiger partial charge in [-0.2, -0.15) is 0 Å². The lowest BCUT2D eigenvalue weighted by Gasteiger charge is -2.04. The Kier molecular flexibility index (Phi) is 5.10. The van der Waals surface area contributed by atoms with Gasteiger partial charge < -0.3 is 10.1 Å². The number of carbonyl (C=O) groups excluding carboxylic acids is 1. The molecule has 1 aromatic carbocycles. The van der Waals surface area contributed by atoms with Crippen molar-refractivity contribution < 1.29 is 13.9 Å². The van der Waals surface area contributed by atoms with Gasteiger partial charge in [0.15, 0.2) is 4.34 Å². The van der Waals surface area contributed by atoms with Gasteiger partial charge in [-0.15, -0.1) is 21.5 Å². The Labute approximate surface area is 162 Å². The number of thiophene rings is 1. The third-order valence-electron chi connectivity index (χ3n) is 3.88. The van der Waals surface area contributed by atoms with Crippen molar-refractivity contribution in [2.24, 2.45) is 0 Å². The van der Waals surface area contributed by atoms with Crippen molar-refractivity contribution >= 4 is 55.6 Å². The molecule has 0 spiro atoms. The van der Waals surface area contributed by atoms with E-state index >= 15 is 0 Å². The molecule has 0 saturated heterocycles. The van der Waals surface area contributed by atoms with Crippen LogP contribution in [0.2, 0.25) is 0 Å². The van der Waals surface area contributed by atoms with E-state index in [1.807, 2.05) is 6.07 Å². The molecule has 136 valence electrons. The van der Waals surface area contributed by atoms with Crippen molar-refractivity contribution in [1.82, 2.24) is 10.2 Å². The van der Waals surface area contributed by atoms with Crippen LogP contribution in [0.4, 0.5) is 9.52 Å². The van der Waals surface area contributed by atoms with Crippen LogP contribution in [0.1, 0.15) is 35.0 Å². The summed E-state index contributed by atoms with van der Waals surface area (Å²) in [5.74, 6) is -0.289. The van der Waals surface area contributed by atoms with E-state index in [2.05, 4.69) is 15.5 Å². The van der Waals surface area contributed by atoms with Gasteiger partial charge in [0, 0.05) is 21.9 Å². The standard InChI is InChI=1S/C17H16FN3O2S3/c1-2-23-15(22)14-10(13-11(18)4-3-5-12(13)25-14)8-24-17-21-20-16(26-17)19-9-6-7-9/h3-5,9H,2,6-8H2,1H3,(H,19,20). The fraction of sp³-hybridized carbons (Fsp3) is 0.353. The molecule has 9 heteroatoms. The second-order valence-corrected chi connectivity index (χ2v) is 9.08. The fourth-order valence-corrected chi connectivity index (χ4v) is 5.61. The smallest absolute Gasteiger partial charge is 0.348 e. The lowest BCUT2D eigenvalue weighted by molar-refractivity contribution is 0.0531. The van der Waals surface area contributed by atoms with Gasteiger partial charge in [-0.3, -0.25) is 0 Å². The first kappa shape index (κ1) is 17.7. The number of fused-ring (bicyclic) bond motifs is 1. The summed E-state index contributed by atoms with van der Waals surface area (Å²) >= 11 is 4.21. The van der Waals surface area contributed by atoms with Gasteiger partial charge >= 0.3 is 5.97 Å². The van der Waals surface area contributed by atoms with Crippen molar-refractivity contribution in [3.8, 4) is 0 Å². The SMILES string of the molecule is CCOC(=O)c1sc2cccc(F)c2c1CSc1nnc(NC2CC2)s1. The van der Waals surface area contributed by atoms with Gasteiger partial charge in [-0.05, 0) is 37.5 Å². The highest BCUT2D eigenvalue weighted by Gasteiger charge is 2.24. The first-order valence-corrected chi connectivity index (χ1v) is 10.9. The van der Waals surface area contributed by atoms with Gasteiger partial charge in [0.1, 0.15) is 10.7 Å². The largest absolute Gasteiger partial charge is 0.462 e. The Morgan fingerprint density at radius 2 is 2.23 bits per heavy atom. The normalized spacial score (nSPS) is 13.9. The van der Waals surface area contributed by atoms with Crippen LogP contribution in [0.15, 0.2) is 22.5 Å². The summed E-state index contributed by atoms with van der Waals surface area (Å²) < 4.78 is 21.1. The fourth-order valence-electron chi connectivity index (χ4n) is 2.53. The van der Waals surface area contributed by atoms with Crippen LogP contribution in [0.5, 0.6) is 0 Å². The van der Waals surface area contributed by atoms with E-state index < -0.39 is 5.97 Å². The number of halogens is 1. The number of rotatable bonds is 7. The summed E-state index contributed by atoms with van der Waals surface area (Å²) in [6.45, 7) is 2.05. The highest BCUT2D eigenvalue weighted by molar-refractivity contribution is 8.00. The van der Waals surface area contributed by atoms with E-state index in [0.29, 0.717) is 27.6 Å². The molecule has 1 fully saturated rings. The minimum atomic E-state index is -0.406. The van der Waals surface area contributed by atoms with Crippen LogP contribution < -0.4 is 5.32 Å². The van der Waals surface area contributed by atoms with Crippen LogP contribution in [0.25, 0.3) is 10.1 Å². The molecule has 0 aliphatic heterocycles. The quantitative estimate of drug-likeness (QED) is 0.441. The molecule has 0 amide bonds. The summed E-state index contributed by atoms with van der Waals surface area (Å²) in [7, 11) is 0. The Morgan fingerprint density at radius 3 is 3.00 bits per heavy atom. The predicted octanol–water partition coefficient (Wildman–Crippen LogP) is 4.94. The third kappa shape index (κ3) is 3.70. The molecule has 3 aromatic rings. The van der Waals surface area contributed by atoms with Gasteiger partial charge in [-0.25, -0.2) is 9.18 Å². The highest BCUT2D eigenvalue weighted by atomic mass is 32.2. The van der Waals surface area contributed by atoms with E-state index in [9.17, 15) is 9.18 Å². The first-order chi connectivity index (χ1) is 12.7. The number of anilines is 1. The van der Waals surface area contributed by atoms with Gasteiger partial charge in [0.2, 0.25) is 5.13 Å². The number of benzene rings is 1. The lowest BCUT2D eigenvalue weighted by atomic mass is 10.1. The second kappa shape index (κ2) is 7.50. The molecule has 0 bridgehead atoms. The van der Waals surface area contributed by atoms with Gasteiger partial charge in [-0.1, -0.05) is 29.2 Å². The first-order valence-electron chi connectivity index (χ1n) is 8.25. The molecule has 0 radical (unpaired) electrons. The zero-order chi connectivity index (χ0) is 18.1. The molecular weight excluding hydrogens is 393 g/mol. The number of hydrogen-bond donors (Lipinski definition) is 1. The van der Waals surface area contributed by atoms with Crippen molar-refractivity contribution in [1.29, 1.82) is 0 Å². The zero-order valence-electron chi connectivity index (χ0n) is 14.0. The summed E-state index contributed by atoms with van der Waals surface area (Å²) in [5, 5.41) is 12.9. The highest BCUT2D eigenvalue weighted by Crippen LogP contribution is 2.38. The van der Waals surface area contributed by atoms with Gasteiger partial charge in [0.25, 0.3) is 0 Å². The van der Waals surface area contributed by atoms with Gasteiger partial charge in [0.05, 0.1) is 6.61 Å². The molecule has 4 rings (SSSR count). The van der Waals surface area contributed by atoms with E-state index in [0.717, 1.165) is 14.2 Å². The summed E-state index contributed by atoms with van der Waals surface area (Å²) in [6.07, 6.45) is 2.34. The lowest BCUT2D eigenvalue weighted by Crippen LogP contribution is -2.04. The maximum absolute atomic E-state index is 14.4. The minimum absolute atomic E-state index is 0.286. The van der Waals surface area contributed by atoms with E-state index in [-0.39, 0.29) is 12.4 Å². The van der Waals surface area contributed by atoms with Crippen molar-refractivity contribution in [3.63, 3.8) is 0 Å². The number of aromatic nitrogens is 2. The zero-order valence-corrected chi connectivity index (χ0v) is 16.4. The topological polar surface area (TPSA) is 64.1 Å². The van der Waals surface area contributed by atoms with Crippen LogP contribution in [-0.4, -0.2) is 28.8 Å². The van der Waals surface area contributed by atoms with Crippen LogP contribution in [0, 0.1) is 5.82 Å². The Hall–Kier alpha value is -1.71. The molecule has 2 heterocycles. The van der Waals surface area contributed by atoms with Crippen molar-refractivity contribution in [3.05, 3.63) is 34.5 Å². The monoisotopic (exact) mass is 409 g/mol. The number of nitrogens with zero attached hydrogens (tertiary/aromatic N) is 2. The minimum Gasteiger partial charge on any atom is -0.462 e. The molecule has 2 aromatic heterocycles. The average molecular weight is 410 g/mol. The molecule has 1 saturated carbocycles. The number of ether oxygens (including phenoxy) is 1. The Bertz CT molecular complexity index is 952. The molecule has 1 aliphatic carbocycles. The number of carbonyl (C=O) groups is 1. The van der Waals surface area contributed by atoms with Crippen LogP contribution >= 0.6 is 34.4 Å². The van der Waals surface area contributed by atoms with E-state index in [4.69, 9.17) is 4.74 Å². The van der Waals surface area contributed by atoms with E-state index in [1.165, 1.54) is 53.3 Å². The predicted molar refractivity (Wildman–Crippen MR) is 104 cm³/mol. The summed E-state index contributed by atoms with van der Waals surface area (Å²) in [6, 6.07) is 5.41. The summed E-state index contributed by atoms with van der Waals surface area (Å²) in [5.41, 5.74) is 0.665. The van der Waals surface area contributed by atoms with Crippen molar-refractivity contribution in [2.45, 2.75) is 35.9 Å². The molecule has 26 heavy (non-hydrogen) atoms. The second-order valence-electron chi connectivity index (χ2n) is 5.82. The van der Waals surface area contributed by atoms with Crippen LogP contribution in [0.3, 0.4) is 0 Å². The van der Waals surface area contributed by atoms with E-state index in [1.54, 1.807) is 13.0 Å². The summed E-state index contributed by atoms with van der Waals surface area (Å²) in [4.78, 5) is 12.8.